The molecule has 1 heterocycles. The van der Waals surface area contributed by atoms with Gasteiger partial charge in [0.25, 0.3) is 0 Å². The fourth-order valence-electron chi connectivity index (χ4n) is 2.29. The SMILES string of the molecule is COC1(C)CCCN(S(=O)(=O)c2ccc(Br)cc2)C1. The van der Waals surface area contributed by atoms with E-state index in [0.29, 0.717) is 18.0 Å². The third-order valence-electron chi connectivity index (χ3n) is 3.57. The molecule has 1 saturated heterocycles. The van der Waals surface area contributed by atoms with E-state index in [1.54, 1.807) is 31.4 Å². The first-order valence-corrected chi connectivity index (χ1v) is 8.42. The zero-order valence-electron chi connectivity index (χ0n) is 11.1. The van der Waals surface area contributed by atoms with Gasteiger partial charge in [-0.2, -0.15) is 4.31 Å². The number of hydrogen-bond donors (Lipinski definition) is 0. The minimum Gasteiger partial charge on any atom is -0.377 e. The summed E-state index contributed by atoms with van der Waals surface area (Å²) in [6.07, 6.45) is 1.70. The van der Waals surface area contributed by atoms with Crippen molar-refractivity contribution in [1.29, 1.82) is 0 Å². The summed E-state index contributed by atoms with van der Waals surface area (Å²) < 4.78 is 32.9. The van der Waals surface area contributed by atoms with Gasteiger partial charge in [-0.3, -0.25) is 0 Å². The van der Waals surface area contributed by atoms with Crippen molar-refractivity contribution >= 4 is 26.0 Å². The number of methoxy groups -OCH3 is 1. The normalized spacial score (nSPS) is 25.4. The van der Waals surface area contributed by atoms with Crippen LogP contribution in [-0.4, -0.2) is 38.5 Å². The van der Waals surface area contributed by atoms with Crippen LogP contribution in [0.15, 0.2) is 33.6 Å². The Hall–Kier alpha value is -0.430. The first-order valence-electron chi connectivity index (χ1n) is 6.18. The molecule has 1 aliphatic rings. The van der Waals surface area contributed by atoms with Crippen LogP contribution in [0, 0.1) is 0 Å². The molecule has 0 aromatic heterocycles. The molecule has 1 aliphatic heterocycles. The molecule has 0 radical (unpaired) electrons. The number of ether oxygens (including phenoxy) is 1. The zero-order valence-corrected chi connectivity index (χ0v) is 13.5. The van der Waals surface area contributed by atoms with E-state index in [1.165, 1.54) is 4.31 Å². The number of sulfonamides is 1. The smallest absolute Gasteiger partial charge is 0.243 e. The maximum absolute atomic E-state index is 12.6. The summed E-state index contributed by atoms with van der Waals surface area (Å²) in [6.45, 7) is 2.91. The van der Waals surface area contributed by atoms with Gasteiger partial charge in [-0.15, -0.1) is 0 Å². The van der Waals surface area contributed by atoms with Gasteiger partial charge in [0.1, 0.15) is 0 Å². The van der Waals surface area contributed by atoms with Gasteiger partial charge < -0.3 is 4.74 Å². The molecular formula is C13H18BrNO3S. The van der Waals surface area contributed by atoms with E-state index in [0.717, 1.165) is 17.3 Å². The molecule has 19 heavy (non-hydrogen) atoms. The second-order valence-electron chi connectivity index (χ2n) is 5.05. The summed E-state index contributed by atoms with van der Waals surface area (Å²) in [5.41, 5.74) is -0.388. The third-order valence-corrected chi connectivity index (χ3v) is 5.96. The van der Waals surface area contributed by atoms with Crippen LogP contribution in [0.1, 0.15) is 19.8 Å². The molecule has 1 aromatic rings. The van der Waals surface area contributed by atoms with Crippen molar-refractivity contribution in [2.24, 2.45) is 0 Å². The first kappa shape index (κ1) is 15.0. The van der Waals surface area contributed by atoms with Gasteiger partial charge in [0.05, 0.1) is 10.5 Å². The highest BCUT2D eigenvalue weighted by molar-refractivity contribution is 9.10. The Kier molecular flexibility index (Phi) is 4.35. The summed E-state index contributed by atoms with van der Waals surface area (Å²) in [6, 6.07) is 6.73. The molecular weight excluding hydrogens is 330 g/mol. The van der Waals surface area contributed by atoms with Crippen molar-refractivity contribution < 1.29 is 13.2 Å². The molecule has 0 bridgehead atoms. The maximum atomic E-state index is 12.6. The van der Waals surface area contributed by atoms with Gasteiger partial charge in [-0.05, 0) is 44.0 Å². The van der Waals surface area contributed by atoms with Crippen LogP contribution in [0.4, 0.5) is 0 Å². The topological polar surface area (TPSA) is 46.6 Å². The van der Waals surface area contributed by atoms with Crippen molar-refractivity contribution in [2.45, 2.75) is 30.3 Å². The van der Waals surface area contributed by atoms with Gasteiger partial charge in [0, 0.05) is 24.7 Å². The van der Waals surface area contributed by atoms with Crippen LogP contribution in [0.25, 0.3) is 0 Å². The third kappa shape index (κ3) is 3.18. The van der Waals surface area contributed by atoms with E-state index < -0.39 is 10.0 Å². The Morgan fingerprint density at radius 3 is 2.53 bits per heavy atom. The molecule has 0 N–H and O–H groups in total. The van der Waals surface area contributed by atoms with Gasteiger partial charge in [0.2, 0.25) is 10.0 Å². The van der Waals surface area contributed by atoms with E-state index in [-0.39, 0.29) is 5.60 Å². The monoisotopic (exact) mass is 347 g/mol. The molecule has 4 nitrogen and oxygen atoms in total. The van der Waals surface area contributed by atoms with Crippen molar-refractivity contribution in [1.82, 2.24) is 4.31 Å². The summed E-state index contributed by atoms with van der Waals surface area (Å²) in [5.74, 6) is 0. The van der Waals surface area contributed by atoms with Gasteiger partial charge in [-0.25, -0.2) is 8.42 Å². The fourth-order valence-corrected chi connectivity index (χ4v) is 4.14. The lowest BCUT2D eigenvalue weighted by atomic mass is 9.96. The molecule has 0 aliphatic carbocycles. The highest BCUT2D eigenvalue weighted by Crippen LogP contribution is 2.28. The predicted octanol–water partition coefficient (Wildman–Crippen LogP) is 2.64. The van der Waals surface area contributed by atoms with Crippen LogP contribution in [-0.2, 0) is 14.8 Å². The van der Waals surface area contributed by atoms with E-state index in [9.17, 15) is 8.42 Å². The van der Waals surface area contributed by atoms with Crippen LogP contribution < -0.4 is 0 Å². The summed E-state index contributed by atoms with van der Waals surface area (Å²) in [7, 11) is -1.79. The molecule has 1 atom stereocenters. The van der Waals surface area contributed by atoms with Crippen molar-refractivity contribution in [3.8, 4) is 0 Å². The second-order valence-corrected chi connectivity index (χ2v) is 7.90. The van der Waals surface area contributed by atoms with E-state index >= 15 is 0 Å². The first-order chi connectivity index (χ1) is 8.87. The summed E-state index contributed by atoms with van der Waals surface area (Å²) >= 11 is 3.31. The highest BCUT2D eigenvalue weighted by atomic mass is 79.9. The average Bonchev–Trinajstić information content (AvgIpc) is 2.39. The quantitative estimate of drug-likeness (QED) is 0.844. The van der Waals surface area contributed by atoms with E-state index in [1.807, 2.05) is 6.92 Å². The Labute approximate surface area is 122 Å². The lowest BCUT2D eigenvalue weighted by Gasteiger charge is -2.38. The molecule has 1 unspecified atom stereocenters. The average molecular weight is 348 g/mol. The Balaban J connectivity index is 2.27. The molecule has 1 aromatic carbocycles. The molecule has 0 amide bonds. The van der Waals surface area contributed by atoms with E-state index in [2.05, 4.69) is 15.9 Å². The van der Waals surface area contributed by atoms with Crippen LogP contribution >= 0.6 is 15.9 Å². The van der Waals surface area contributed by atoms with Gasteiger partial charge in [0.15, 0.2) is 0 Å². The van der Waals surface area contributed by atoms with E-state index in [4.69, 9.17) is 4.74 Å². The number of halogens is 1. The highest BCUT2D eigenvalue weighted by Gasteiger charge is 2.36. The van der Waals surface area contributed by atoms with Crippen LogP contribution in [0.2, 0.25) is 0 Å². The number of nitrogens with zero attached hydrogens (tertiary/aromatic N) is 1. The number of piperidine rings is 1. The van der Waals surface area contributed by atoms with Crippen molar-refractivity contribution in [2.75, 3.05) is 20.2 Å². The van der Waals surface area contributed by atoms with Crippen LogP contribution in [0.3, 0.4) is 0 Å². The lowest BCUT2D eigenvalue weighted by molar-refractivity contribution is -0.0319. The lowest BCUT2D eigenvalue weighted by Crippen LogP contribution is -2.49. The molecule has 0 saturated carbocycles. The standard InChI is InChI=1S/C13H18BrNO3S/c1-13(18-2)8-3-9-15(10-13)19(16,17)12-6-4-11(14)5-7-12/h4-7H,3,8-10H2,1-2H3. The molecule has 0 spiro atoms. The minimum absolute atomic E-state index is 0.330. The number of hydrogen-bond acceptors (Lipinski definition) is 3. The zero-order chi connectivity index (χ0) is 14.1. The maximum Gasteiger partial charge on any atom is 0.243 e. The Bertz CT molecular complexity index is 544. The Morgan fingerprint density at radius 2 is 1.95 bits per heavy atom. The number of rotatable bonds is 3. The predicted molar refractivity (Wildman–Crippen MR) is 77.5 cm³/mol. The Morgan fingerprint density at radius 1 is 1.32 bits per heavy atom. The largest absolute Gasteiger partial charge is 0.377 e. The van der Waals surface area contributed by atoms with Crippen LogP contribution in [0.5, 0.6) is 0 Å². The summed E-state index contributed by atoms with van der Waals surface area (Å²) in [5, 5.41) is 0. The minimum atomic E-state index is -3.43. The van der Waals surface area contributed by atoms with Crippen molar-refractivity contribution in [3.63, 3.8) is 0 Å². The van der Waals surface area contributed by atoms with Gasteiger partial charge in [-0.1, -0.05) is 15.9 Å². The second kappa shape index (κ2) is 5.52. The van der Waals surface area contributed by atoms with Crippen molar-refractivity contribution in [3.05, 3.63) is 28.7 Å². The fraction of sp³-hybridized carbons (Fsp3) is 0.538. The molecule has 2 rings (SSSR count). The van der Waals surface area contributed by atoms with Gasteiger partial charge >= 0.3 is 0 Å². The number of benzene rings is 1. The molecule has 6 heteroatoms. The molecule has 1 fully saturated rings. The summed E-state index contributed by atoms with van der Waals surface area (Å²) in [4.78, 5) is 0.330. The molecule has 106 valence electrons.